The van der Waals surface area contributed by atoms with Crippen LogP contribution in [-0.2, 0) is 11.0 Å². The van der Waals surface area contributed by atoms with E-state index in [2.05, 4.69) is 31.5 Å². The van der Waals surface area contributed by atoms with Crippen molar-refractivity contribution in [1.82, 2.24) is 10.3 Å². The summed E-state index contributed by atoms with van der Waals surface area (Å²) >= 11 is 4.84. The van der Waals surface area contributed by atoms with E-state index in [0.717, 1.165) is 20.9 Å². The zero-order valence-electron chi connectivity index (χ0n) is 12.2. The highest BCUT2D eigenvalue weighted by molar-refractivity contribution is 9.11. The molecule has 2 aromatic rings. The van der Waals surface area contributed by atoms with Crippen LogP contribution in [0.4, 0.5) is 19.0 Å². The average Bonchev–Trinajstić information content (AvgIpc) is 2.95. The molecule has 128 valence electrons. The maximum absolute atomic E-state index is 12.4. The Bertz CT molecular complexity index is 713. The number of thiophene rings is 1. The number of halogens is 4. The summed E-state index contributed by atoms with van der Waals surface area (Å²) in [4.78, 5) is 16.2. The van der Waals surface area contributed by atoms with Gasteiger partial charge >= 0.3 is 6.18 Å². The number of hydrogen-bond acceptors (Lipinski definition) is 4. The van der Waals surface area contributed by atoms with Crippen molar-refractivity contribution in [2.24, 2.45) is 0 Å². The lowest BCUT2D eigenvalue weighted by Gasteiger charge is -2.08. The number of rotatable bonds is 6. The van der Waals surface area contributed by atoms with Crippen molar-refractivity contribution in [2.75, 3.05) is 18.4 Å². The second-order valence-corrected chi connectivity index (χ2v) is 7.12. The molecule has 0 fully saturated rings. The minimum Gasteiger partial charge on any atom is -0.368 e. The van der Waals surface area contributed by atoms with Crippen LogP contribution in [0.1, 0.15) is 10.4 Å². The Morgan fingerprint density at radius 3 is 2.62 bits per heavy atom. The topological polar surface area (TPSA) is 54.0 Å². The van der Waals surface area contributed by atoms with Gasteiger partial charge in [-0.25, -0.2) is 4.98 Å². The molecular formula is C15H13BrF3N3OS. The van der Waals surface area contributed by atoms with Gasteiger partial charge in [0, 0.05) is 30.2 Å². The highest BCUT2D eigenvalue weighted by Crippen LogP contribution is 2.28. The fourth-order valence-electron chi connectivity index (χ4n) is 1.68. The maximum atomic E-state index is 12.4. The van der Waals surface area contributed by atoms with E-state index in [4.69, 9.17) is 0 Å². The van der Waals surface area contributed by atoms with Crippen LogP contribution in [0.3, 0.4) is 0 Å². The first-order valence-electron chi connectivity index (χ1n) is 6.83. The predicted octanol–water partition coefficient (Wildman–Crippen LogP) is 4.17. The molecule has 0 atom stereocenters. The van der Waals surface area contributed by atoms with E-state index in [1.165, 1.54) is 23.5 Å². The lowest BCUT2D eigenvalue weighted by molar-refractivity contribution is -0.137. The Morgan fingerprint density at radius 2 is 2.04 bits per heavy atom. The van der Waals surface area contributed by atoms with Gasteiger partial charge in [0.15, 0.2) is 0 Å². The van der Waals surface area contributed by atoms with Crippen LogP contribution >= 0.6 is 27.3 Å². The highest BCUT2D eigenvalue weighted by Gasteiger charge is 2.30. The fourth-order valence-corrected chi connectivity index (χ4v) is 3.00. The molecule has 0 unspecified atom stereocenters. The van der Waals surface area contributed by atoms with Crippen LogP contribution in [0.2, 0.25) is 0 Å². The third-order valence-electron chi connectivity index (χ3n) is 2.81. The summed E-state index contributed by atoms with van der Waals surface area (Å²) < 4.78 is 38.2. The first-order chi connectivity index (χ1) is 11.3. The Labute approximate surface area is 148 Å². The van der Waals surface area contributed by atoms with Crippen molar-refractivity contribution < 1.29 is 18.0 Å². The molecule has 0 aliphatic carbocycles. The number of amides is 1. The van der Waals surface area contributed by atoms with E-state index in [1.54, 1.807) is 6.08 Å². The van der Waals surface area contributed by atoms with Crippen LogP contribution < -0.4 is 10.6 Å². The summed E-state index contributed by atoms with van der Waals surface area (Å²) in [7, 11) is 0. The van der Waals surface area contributed by atoms with E-state index < -0.39 is 11.7 Å². The van der Waals surface area contributed by atoms with Gasteiger partial charge in [-0.15, -0.1) is 11.3 Å². The minimum absolute atomic E-state index is 0.248. The molecule has 24 heavy (non-hydrogen) atoms. The number of hydrogen-bond donors (Lipinski definition) is 2. The quantitative estimate of drug-likeness (QED) is 0.545. The zero-order chi connectivity index (χ0) is 17.6. The fraction of sp³-hybridized carbons (Fsp3) is 0.200. The summed E-state index contributed by atoms with van der Waals surface area (Å²) in [5.41, 5.74) is -0.799. The normalized spacial score (nSPS) is 11.7. The minimum atomic E-state index is -4.40. The summed E-state index contributed by atoms with van der Waals surface area (Å²) in [6.07, 6.45) is -0.503. The Balaban J connectivity index is 1.70. The van der Waals surface area contributed by atoms with Gasteiger partial charge in [-0.05, 0) is 46.3 Å². The zero-order valence-corrected chi connectivity index (χ0v) is 14.6. The standard InChI is InChI=1S/C15H13BrF3N3OS/c16-12-4-2-11(24-12)3-6-14(23)21-8-7-20-13-5-1-10(9-22-13)15(17,18)19/h1-6,9H,7-8H2,(H,20,22)(H,21,23)/b6-3+. The second-order valence-electron chi connectivity index (χ2n) is 4.62. The first-order valence-corrected chi connectivity index (χ1v) is 8.44. The molecule has 2 rings (SSSR count). The van der Waals surface area contributed by atoms with Gasteiger partial charge in [0.25, 0.3) is 0 Å². The maximum Gasteiger partial charge on any atom is 0.417 e. The van der Waals surface area contributed by atoms with Crippen LogP contribution in [-0.4, -0.2) is 24.0 Å². The van der Waals surface area contributed by atoms with Crippen molar-refractivity contribution in [3.63, 3.8) is 0 Å². The molecule has 1 amide bonds. The molecule has 4 nitrogen and oxygen atoms in total. The number of anilines is 1. The van der Waals surface area contributed by atoms with Gasteiger partial charge in [0.05, 0.1) is 9.35 Å². The van der Waals surface area contributed by atoms with Crippen molar-refractivity contribution in [2.45, 2.75) is 6.18 Å². The molecular weight excluding hydrogens is 407 g/mol. The summed E-state index contributed by atoms with van der Waals surface area (Å²) in [5, 5.41) is 5.50. The monoisotopic (exact) mass is 419 g/mol. The average molecular weight is 420 g/mol. The van der Waals surface area contributed by atoms with Gasteiger partial charge in [-0.3, -0.25) is 4.79 Å². The molecule has 0 bridgehead atoms. The smallest absolute Gasteiger partial charge is 0.368 e. The van der Waals surface area contributed by atoms with Gasteiger partial charge in [0.2, 0.25) is 5.91 Å². The molecule has 0 aliphatic heterocycles. The van der Waals surface area contributed by atoms with Crippen LogP contribution in [0.15, 0.2) is 40.3 Å². The van der Waals surface area contributed by atoms with E-state index in [1.807, 2.05) is 12.1 Å². The van der Waals surface area contributed by atoms with E-state index >= 15 is 0 Å². The predicted molar refractivity (Wildman–Crippen MR) is 91.8 cm³/mol. The number of nitrogens with zero attached hydrogens (tertiary/aromatic N) is 1. The summed E-state index contributed by atoms with van der Waals surface area (Å²) in [5.74, 6) is 0.0675. The van der Waals surface area contributed by atoms with E-state index in [-0.39, 0.29) is 5.91 Å². The number of carbonyl (C=O) groups is 1. The first kappa shape index (κ1) is 18.5. The van der Waals surface area contributed by atoms with Crippen molar-refractivity contribution >= 4 is 45.1 Å². The number of aromatic nitrogens is 1. The van der Waals surface area contributed by atoms with Crippen molar-refractivity contribution in [3.05, 3.63) is 50.8 Å². The SMILES string of the molecule is O=C(/C=C/c1ccc(Br)s1)NCCNc1ccc(C(F)(F)F)cn1. The highest BCUT2D eigenvalue weighted by atomic mass is 79.9. The number of pyridine rings is 1. The van der Waals surface area contributed by atoms with Gasteiger partial charge in [-0.2, -0.15) is 13.2 Å². The molecule has 9 heteroatoms. The molecule has 2 N–H and O–H groups in total. The van der Waals surface area contributed by atoms with Gasteiger partial charge in [-0.1, -0.05) is 0 Å². The lowest BCUT2D eigenvalue weighted by Crippen LogP contribution is -2.27. The Kier molecular flexibility index (Phi) is 6.38. The molecule has 0 spiro atoms. The van der Waals surface area contributed by atoms with Gasteiger partial charge < -0.3 is 10.6 Å². The van der Waals surface area contributed by atoms with Crippen LogP contribution in [0, 0.1) is 0 Å². The number of alkyl halides is 3. The Hall–Kier alpha value is -1.87. The number of nitrogens with one attached hydrogen (secondary N) is 2. The van der Waals surface area contributed by atoms with Crippen LogP contribution in [0.25, 0.3) is 6.08 Å². The summed E-state index contributed by atoms with van der Waals surface area (Å²) in [6, 6.07) is 5.98. The lowest BCUT2D eigenvalue weighted by atomic mass is 10.3. The molecule has 0 aliphatic rings. The van der Waals surface area contributed by atoms with E-state index in [9.17, 15) is 18.0 Å². The molecule has 2 heterocycles. The number of carbonyl (C=O) groups excluding carboxylic acids is 1. The molecule has 0 radical (unpaired) electrons. The molecule has 0 saturated heterocycles. The van der Waals surface area contributed by atoms with Crippen LogP contribution in [0.5, 0.6) is 0 Å². The van der Waals surface area contributed by atoms with Crippen molar-refractivity contribution in [3.8, 4) is 0 Å². The molecule has 2 aromatic heterocycles. The van der Waals surface area contributed by atoms with E-state index in [0.29, 0.717) is 18.9 Å². The Morgan fingerprint density at radius 1 is 1.25 bits per heavy atom. The van der Waals surface area contributed by atoms with Crippen molar-refractivity contribution in [1.29, 1.82) is 0 Å². The summed E-state index contributed by atoms with van der Waals surface area (Å²) in [6.45, 7) is 0.669. The third kappa shape index (κ3) is 5.97. The molecule has 0 saturated carbocycles. The second kappa shape index (κ2) is 8.29. The molecule has 0 aromatic carbocycles. The largest absolute Gasteiger partial charge is 0.417 e. The van der Waals surface area contributed by atoms with Gasteiger partial charge in [0.1, 0.15) is 5.82 Å². The third-order valence-corrected chi connectivity index (χ3v) is 4.40.